The second kappa shape index (κ2) is 6.29. The molecule has 0 saturated carbocycles. The number of hydrogen-bond donors (Lipinski definition) is 2. The van der Waals surface area contributed by atoms with E-state index in [1.807, 2.05) is 36.5 Å². The summed E-state index contributed by atoms with van der Waals surface area (Å²) in [4.78, 5) is 4.14. The van der Waals surface area contributed by atoms with Crippen LogP contribution in [0.1, 0.15) is 17.2 Å². The van der Waals surface area contributed by atoms with Crippen LogP contribution in [0.2, 0.25) is 5.02 Å². The van der Waals surface area contributed by atoms with Crippen LogP contribution in [-0.4, -0.2) is 4.98 Å². The lowest BCUT2D eigenvalue weighted by Gasteiger charge is -2.17. The van der Waals surface area contributed by atoms with Crippen LogP contribution >= 0.6 is 27.5 Å². The number of pyridine rings is 1. The van der Waals surface area contributed by atoms with Gasteiger partial charge in [-0.3, -0.25) is 16.3 Å². The van der Waals surface area contributed by atoms with Crippen molar-refractivity contribution in [2.75, 3.05) is 0 Å². The van der Waals surface area contributed by atoms with E-state index in [4.69, 9.17) is 17.4 Å². The first-order valence-electron chi connectivity index (χ1n) is 5.50. The molecule has 0 aliphatic heterocycles. The standard InChI is InChI=1S/C13H13BrClN3/c14-10-5-9(7-17-8-10)6-13(18-16)11-3-1-2-4-12(11)15/h1-5,7-8,13,18H,6,16H2. The highest BCUT2D eigenvalue weighted by Crippen LogP contribution is 2.25. The molecule has 0 spiro atoms. The lowest BCUT2D eigenvalue weighted by Crippen LogP contribution is -2.29. The van der Waals surface area contributed by atoms with Gasteiger partial charge in [0.15, 0.2) is 0 Å². The number of aromatic nitrogens is 1. The quantitative estimate of drug-likeness (QED) is 0.670. The molecule has 1 unspecified atom stereocenters. The molecule has 94 valence electrons. The summed E-state index contributed by atoms with van der Waals surface area (Å²) < 4.78 is 0.954. The summed E-state index contributed by atoms with van der Waals surface area (Å²) in [6.45, 7) is 0. The van der Waals surface area contributed by atoms with Crippen LogP contribution in [0.5, 0.6) is 0 Å². The SMILES string of the molecule is NNC(Cc1cncc(Br)c1)c1ccccc1Cl. The highest BCUT2D eigenvalue weighted by molar-refractivity contribution is 9.10. The minimum atomic E-state index is -0.0326. The first-order chi connectivity index (χ1) is 8.70. The van der Waals surface area contributed by atoms with E-state index in [-0.39, 0.29) is 6.04 Å². The first-order valence-corrected chi connectivity index (χ1v) is 6.68. The number of nitrogens with one attached hydrogen (secondary N) is 1. The third-order valence-electron chi connectivity index (χ3n) is 2.68. The number of benzene rings is 1. The zero-order chi connectivity index (χ0) is 13.0. The molecule has 0 amide bonds. The average molecular weight is 327 g/mol. The monoisotopic (exact) mass is 325 g/mol. The molecule has 0 fully saturated rings. The molecule has 18 heavy (non-hydrogen) atoms. The number of halogens is 2. The van der Waals surface area contributed by atoms with Crippen molar-refractivity contribution in [1.29, 1.82) is 0 Å². The van der Waals surface area contributed by atoms with Crippen molar-refractivity contribution in [3.63, 3.8) is 0 Å². The number of nitrogens with zero attached hydrogens (tertiary/aromatic N) is 1. The molecule has 1 atom stereocenters. The Morgan fingerprint density at radius 3 is 2.78 bits per heavy atom. The van der Waals surface area contributed by atoms with Gasteiger partial charge in [0, 0.05) is 21.9 Å². The van der Waals surface area contributed by atoms with E-state index in [0.717, 1.165) is 22.0 Å². The lowest BCUT2D eigenvalue weighted by molar-refractivity contribution is 0.551. The van der Waals surface area contributed by atoms with Gasteiger partial charge in [0.25, 0.3) is 0 Å². The lowest BCUT2D eigenvalue weighted by atomic mass is 10.0. The average Bonchev–Trinajstić information content (AvgIpc) is 2.37. The van der Waals surface area contributed by atoms with Crippen LogP contribution in [0, 0.1) is 0 Å². The molecule has 0 bridgehead atoms. The second-order valence-electron chi connectivity index (χ2n) is 3.96. The second-order valence-corrected chi connectivity index (χ2v) is 5.28. The van der Waals surface area contributed by atoms with Crippen molar-refractivity contribution in [1.82, 2.24) is 10.4 Å². The molecule has 2 rings (SSSR count). The summed E-state index contributed by atoms with van der Waals surface area (Å²) in [5, 5.41) is 0.711. The normalized spacial score (nSPS) is 12.4. The van der Waals surface area contributed by atoms with Gasteiger partial charge in [-0.15, -0.1) is 0 Å². The van der Waals surface area contributed by atoms with Gasteiger partial charge >= 0.3 is 0 Å². The van der Waals surface area contributed by atoms with Gasteiger partial charge in [0.05, 0.1) is 6.04 Å². The molecule has 0 radical (unpaired) electrons. The topological polar surface area (TPSA) is 50.9 Å². The minimum Gasteiger partial charge on any atom is -0.271 e. The molecule has 1 aromatic carbocycles. The van der Waals surface area contributed by atoms with Crippen LogP contribution in [-0.2, 0) is 6.42 Å². The fraction of sp³-hybridized carbons (Fsp3) is 0.154. The molecule has 0 aliphatic carbocycles. The van der Waals surface area contributed by atoms with Gasteiger partial charge in [-0.25, -0.2) is 0 Å². The van der Waals surface area contributed by atoms with Crippen molar-refractivity contribution >= 4 is 27.5 Å². The third-order valence-corrected chi connectivity index (χ3v) is 3.46. The van der Waals surface area contributed by atoms with E-state index in [9.17, 15) is 0 Å². The van der Waals surface area contributed by atoms with Crippen LogP contribution in [0.15, 0.2) is 47.2 Å². The maximum atomic E-state index is 6.17. The van der Waals surface area contributed by atoms with Gasteiger partial charge in [-0.1, -0.05) is 29.8 Å². The fourth-order valence-corrected chi connectivity index (χ4v) is 2.50. The summed E-state index contributed by atoms with van der Waals surface area (Å²) >= 11 is 9.58. The summed E-state index contributed by atoms with van der Waals surface area (Å²) in [6.07, 6.45) is 4.31. The van der Waals surface area contributed by atoms with Gasteiger partial charge in [0.2, 0.25) is 0 Å². The molecule has 2 aromatic rings. The number of nitrogens with two attached hydrogens (primary N) is 1. The zero-order valence-corrected chi connectivity index (χ0v) is 11.9. The largest absolute Gasteiger partial charge is 0.271 e. The van der Waals surface area contributed by atoms with Crippen molar-refractivity contribution in [3.05, 3.63) is 63.3 Å². The van der Waals surface area contributed by atoms with Crippen molar-refractivity contribution < 1.29 is 0 Å². The van der Waals surface area contributed by atoms with Gasteiger partial charge in [-0.2, -0.15) is 0 Å². The Kier molecular flexibility index (Phi) is 4.72. The molecular weight excluding hydrogens is 314 g/mol. The van der Waals surface area contributed by atoms with E-state index in [1.165, 1.54) is 0 Å². The van der Waals surface area contributed by atoms with E-state index >= 15 is 0 Å². The van der Waals surface area contributed by atoms with E-state index < -0.39 is 0 Å². The third kappa shape index (κ3) is 3.29. The maximum Gasteiger partial charge on any atom is 0.0515 e. The predicted octanol–water partition coefficient (Wildman–Crippen LogP) is 3.24. The summed E-state index contributed by atoms with van der Waals surface area (Å²) in [7, 11) is 0. The highest BCUT2D eigenvalue weighted by atomic mass is 79.9. The van der Waals surface area contributed by atoms with Crippen LogP contribution in [0.4, 0.5) is 0 Å². The Bertz CT molecular complexity index is 533. The van der Waals surface area contributed by atoms with Crippen molar-refractivity contribution in [3.8, 4) is 0 Å². The van der Waals surface area contributed by atoms with Crippen LogP contribution in [0.25, 0.3) is 0 Å². The van der Waals surface area contributed by atoms with E-state index in [1.54, 1.807) is 6.20 Å². The van der Waals surface area contributed by atoms with Gasteiger partial charge < -0.3 is 0 Å². The zero-order valence-electron chi connectivity index (χ0n) is 9.61. The molecule has 0 saturated heterocycles. The fourth-order valence-electron chi connectivity index (χ4n) is 1.82. The Morgan fingerprint density at radius 2 is 2.11 bits per heavy atom. The molecule has 1 heterocycles. The van der Waals surface area contributed by atoms with Crippen molar-refractivity contribution in [2.24, 2.45) is 5.84 Å². The molecular formula is C13H13BrClN3. The molecule has 1 aromatic heterocycles. The molecule has 5 heteroatoms. The molecule has 3 N–H and O–H groups in total. The first kappa shape index (κ1) is 13.5. The Labute approximate surface area is 119 Å². The smallest absolute Gasteiger partial charge is 0.0515 e. The Balaban J connectivity index is 2.23. The summed E-state index contributed by atoms with van der Waals surface area (Å²) in [5.41, 5.74) is 4.88. The van der Waals surface area contributed by atoms with Crippen molar-refractivity contribution in [2.45, 2.75) is 12.5 Å². The van der Waals surface area contributed by atoms with E-state index in [0.29, 0.717) is 5.02 Å². The number of hydrazine groups is 1. The Hall–Kier alpha value is -0.940. The highest BCUT2D eigenvalue weighted by Gasteiger charge is 2.13. The molecule has 0 aliphatic rings. The number of hydrogen-bond acceptors (Lipinski definition) is 3. The van der Waals surface area contributed by atoms with Crippen LogP contribution in [0.3, 0.4) is 0 Å². The maximum absolute atomic E-state index is 6.17. The predicted molar refractivity (Wildman–Crippen MR) is 77.2 cm³/mol. The molecule has 3 nitrogen and oxygen atoms in total. The van der Waals surface area contributed by atoms with Gasteiger partial charge in [0.1, 0.15) is 0 Å². The Morgan fingerprint density at radius 1 is 1.33 bits per heavy atom. The van der Waals surface area contributed by atoms with Crippen LogP contribution < -0.4 is 11.3 Å². The number of rotatable bonds is 4. The van der Waals surface area contributed by atoms with E-state index in [2.05, 4.69) is 26.3 Å². The minimum absolute atomic E-state index is 0.0326. The summed E-state index contributed by atoms with van der Waals surface area (Å²) in [6, 6.07) is 9.67. The summed E-state index contributed by atoms with van der Waals surface area (Å²) in [5.74, 6) is 5.62. The van der Waals surface area contributed by atoms with Gasteiger partial charge in [-0.05, 0) is 45.6 Å².